The molecular weight excluding hydrogens is 364 g/mol. The van der Waals surface area contributed by atoms with E-state index in [-0.39, 0.29) is 17.4 Å². The number of rotatable bonds is 3. The Morgan fingerprint density at radius 1 is 0.957 bits per heavy atom. The van der Waals surface area contributed by atoms with Crippen molar-refractivity contribution in [3.8, 4) is 0 Å². The molecule has 0 spiro atoms. The summed E-state index contributed by atoms with van der Waals surface area (Å²) in [5.74, 6) is -2.11. The van der Waals surface area contributed by atoms with Crippen molar-refractivity contribution in [1.82, 2.24) is 0 Å². The van der Waals surface area contributed by atoms with Gasteiger partial charge in [-0.05, 0) is 36.4 Å². The van der Waals surface area contributed by atoms with Crippen LogP contribution in [0.3, 0.4) is 0 Å². The van der Waals surface area contributed by atoms with Crippen LogP contribution in [0, 0.1) is 0 Å². The number of hydrogen-bond donors (Lipinski definition) is 3. The quantitative estimate of drug-likeness (QED) is 0.559. The highest BCUT2D eigenvalue weighted by Crippen LogP contribution is 2.15. The van der Waals surface area contributed by atoms with Crippen molar-refractivity contribution in [3.63, 3.8) is 0 Å². The molecule has 0 fully saturated rings. The SMILES string of the molecule is O=C(O)c1cccc(S(=O)(=O)Cl)c1.O=C(O)c1cccc(S)c1.[2HH]. The fourth-order valence-electron chi connectivity index (χ4n) is 1.42. The van der Waals surface area contributed by atoms with Crippen LogP contribution in [0.25, 0.3) is 0 Å². The maximum atomic E-state index is 10.8. The molecule has 23 heavy (non-hydrogen) atoms. The molecule has 2 aromatic carbocycles. The van der Waals surface area contributed by atoms with Crippen molar-refractivity contribution in [2.75, 3.05) is 0 Å². The second-order valence-electron chi connectivity index (χ2n) is 4.13. The Kier molecular flexibility index (Phi) is 6.62. The van der Waals surface area contributed by atoms with Gasteiger partial charge in [0.2, 0.25) is 0 Å². The Morgan fingerprint density at radius 3 is 1.83 bits per heavy atom. The van der Waals surface area contributed by atoms with Crippen molar-refractivity contribution in [3.05, 3.63) is 59.7 Å². The van der Waals surface area contributed by atoms with Gasteiger partial charge in [0.05, 0.1) is 16.0 Å². The van der Waals surface area contributed by atoms with Crippen molar-refractivity contribution < 1.29 is 29.6 Å². The van der Waals surface area contributed by atoms with E-state index in [1.165, 1.54) is 30.3 Å². The summed E-state index contributed by atoms with van der Waals surface area (Å²) in [7, 11) is 1.16. The smallest absolute Gasteiger partial charge is 0.335 e. The van der Waals surface area contributed by atoms with Gasteiger partial charge in [-0.15, -0.1) is 12.6 Å². The van der Waals surface area contributed by atoms with Gasteiger partial charge in [-0.2, -0.15) is 0 Å². The molecule has 0 unspecified atom stereocenters. The molecule has 0 aliphatic heterocycles. The van der Waals surface area contributed by atoms with Crippen molar-refractivity contribution >= 4 is 44.3 Å². The lowest BCUT2D eigenvalue weighted by molar-refractivity contribution is 0.0685. The summed E-state index contributed by atoms with van der Waals surface area (Å²) >= 11 is 3.99. The lowest BCUT2D eigenvalue weighted by Gasteiger charge is -1.97. The summed E-state index contributed by atoms with van der Waals surface area (Å²) in [4.78, 5) is 21.2. The molecule has 0 bridgehead atoms. The monoisotopic (exact) mass is 377 g/mol. The average Bonchev–Trinajstić information content (AvgIpc) is 2.47. The molecule has 0 saturated heterocycles. The van der Waals surface area contributed by atoms with E-state index in [1.807, 2.05) is 0 Å². The van der Waals surface area contributed by atoms with Crippen LogP contribution in [0.2, 0.25) is 0 Å². The molecule has 0 aliphatic rings. The highest BCUT2D eigenvalue weighted by atomic mass is 35.7. The first-order valence-corrected chi connectivity index (χ1v) is 8.67. The van der Waals surface area contributed by atoms with Crippen LogP contribution in [0.15, 0.2) is 58.3 Å². The number of aromatic carboxylic acids is 2. The van der Waals surface area contributed by atoms with Crippen LogP contribution in [0.4, 0.5) is 0 Å². The van der Waals surface area contributed by atoms with Crippen LogP contribution in [0.1, 0.15) is 22.1 Å². The number of hydrogen-bond acceptors (Lipinski definition) is 5. The lowest BCUT2D eigenvalue weighted by Crippen LogP contribution is -1.98. The molecule has 0 radical (unpaired) electrons. The molecule has 6 nitrogen and oxygen atoms in total. The molecule has 2 N–H and O–H groups in total. The Balaban J connectivity index is 0.000000436. The van der Waals surface area contributed by atoms with E-state index < -0.39 is 21.0 Å². The predicted molar refractivity (Wildman–Crippen MR) is 89.2 cm³/mol. The maximum absolute atomic E-state index is 10.8. The first-order chi connectivity index (χ1) is 10.6. The molecule has 0 saturated carbocycles. The largest absolute Gasteiger partial charge is 0.478 e. The molecule has 9 heteroatoms. The average molecular weight is 378 g/mol. The number of thiol groups is 1. The lowest BCUT2D eigenvalue weighted by atomic mass is 10.2. The van der Waals surface area contributed by atoms with Crippen LogP contribution in [-0.2, 0) is 9.05 Å². The van der Waals surface area contributed by atoms with Gasteiger partial charge in [-0.1, -0.05) is 12.1 Å². The summed E-state index contributed by atoms with van der Waals surface area (Å²) in [5, 5.41) is 17.0. The second-order valence-corrected chi connectivity index (χ2v) is 7.21. The summed E-state index contributed by atoms with van der Waals surface area (Å²) in [5.41, 5.74) is 0.161. The van der Waals surface area contributed by atoms with Gasteiger partial charge in [0.1, 0.15) is 0 Å². The number of carboxylic acids is 2. The number of carboxylic acid groups (broad SMARTS) is 2. The fraction of sp³-hybridized carbons (Fsp3) is 0. The molecule has 0 amide bonds. The predicted octanol–water partition coefficient (Wildman–Crippen LogP) is 3.23. The van der Waals surface area contributed by atoms with Gasteiger partial charge in [-0.25, -0.2) is 18.0 Å². The molecule has 0 aliphatic carbocycles. The molecule has 0 heterocycles. The first kappa shape index (κ1) is 19.0. The van der Waals surface area contributed by atoms with Gasteiger partial charge >= 0.3 is 11.9 Å². The topological polar surface area (TPSA) is 109 Å². The van der Waals surface area contributed by atoms with E-state index in [0.29, 0.717) is 4.90 Å². The third-order valence-corrected chi connectivity index (χ3v) is 4.09. The molecule has 2 aromatic rings. The van der Waals surface area contributed by atoms with Crippen molar-refractivity contribution in [2.24, 2.45) is 0 Å². The summed E-state index contributed by atoms with van der Waals surface area (Å²) in [6.45, 7) is 0. The van der Waals surface area contributed by atoms with Crippen molar-refractivity contribution in [1.29, 1.82) is 0 Å². The Hall–Kier alpha value is -2.03. The minimum absolute atomic E-state index is 0. The molecule has 0 aromatic heterocycles. The van der Waals surface area contributed by atoms with Crippen LogP contribution in [0.5, 0.6) is 0 Å². The second kappa shape index (κ2) is 8.00. The van der Waals surface area contributed by atoms with Crippen molar-refractivity contribution in [2.45, 2.75) is 9.79 Å². The van der Waals surface area contributed by atoms with Gasteiger partial charge in [-0.3, -0.25) is 0 Å². The third kappa shape index (κ3) is 6.31. The zero-order valence-corrected chi connectivity index (χ0v) is 13.8. The van der Waals surface area contributed by atoms with Gasteiger partial charge in [0, 0.05) is 17.0 Å². The number of benzene rings is 2. The number of halogens is 1. The van der Waals surface area contributed by atoms with Gasteiger partial charge in [0.25, 0.3) is 9.05 Å². The summed E-state index contributed by atoms with van der Waals surface area (Å²) in [6, 6.07) is 11.3. The molecular formula is C14H13ClO6S2. The van der Waals surface area contributed by atoms with Gasteiger partial charge in [0.15, 0.2) is 0 Å². The molecule has 2 rings (SSSR count). The molecule has 124 valence electrons. The highest BCUT2D eigenvalue weighted by molar-refractivity contribution is 8.13. The third-order valence-electron chi connectivity index (χ3n) is 2.46. The van der Waals surface area contributed by atoms with Crippen LogP contribution >= 0.6 is 23.3 Å². The minimum Gasteiger partial charge on any atom is -0.478 e. The van der Waals surface area contributed by atoms with E-state index in [4.69, 9.17) is 20.9 Å². The molecule has 0 atom stereocenters. The summed E-state index contributed by atoms with van der Waals surface area (Å²) < 4.78 is 21.6. The van der Waals surface area contributed by atoms with E-state index >= 15 is 0 Å². The standard InChI is InChI=1S/C7H5ClO4S.C7H6O2S.H2/c8-13(11,12)6-3-1-2-5(4-6)7(9)10;8-7(9)5-2-1-3-6(10)4-5;/h1-4H,(H,9,10);1-4,10H,(H,8,9);1H/i;;1+1. The number of carbonyl (C=O) groups is 2. The Labute approximate surface area is 143 Å². The maximum Gasteiger partial charge on any atom is 0.335 e. The Bertz CT molecular complexity index is 839. The highest BCUT2D eigenvalue weighted by Gasteiger charge is 2.12. The zero-order valence-electron chi connectivity index (χ0n) is 11.4. The van der Waals surface area contributed by atoms with Crippen LogP contribution in [-0.4, -0.2) is 30.6 Å². The Morgan fingerprint density at radius 2 is 1.43 bits per heavy atom. The minimum atomic E-state index is -3.85. The fourth-order valence-corrected chi connectivity index (χ4v) is 2.44. The van der Waals surface area contributed by atoms with Crippen LogP contribution < -0.4 is 0 Å². The normalized spacial score (nSPS) is 10.3. The van der Waals surface area contributed by atoms with E-state index in [0.717, 1.165) is 6.07 Å². The van der Waals surface area contributed by atoms with E-state index in [9.17, 15) is 18.0 Å². The van der Waals surface area contributed by atoms with E-state index in [2.05, 4.69) is 12.6 Å². The summed E-state index contributed by atoms with van der Waals surface area (Å²) in [6.07, 6.45) is 0. The van der Waals surface area contributed by atoms with Gasteiger partial charge < -0.3 is 10.2 Å². The van der Waals surface area contributed by atoms with E-state index in [1.54, 1.807) is 12.1 Å². The first-order valence-electron chi connectivity index (χ1n) is 5.91. The zero-order chi connectivity index (χ0) is 17.6.